The van der Waals surface area contributed by atoms with Gasteiger partial charge in [0.25, 0.3) is 5.56 Å². The molecule has 33 heavy (non-hydrogen) atoms. The van der Waals surface area contributed by atoms with Crippen LogP contribution in [0.15, 0.2) is 76.6 Å². The first kappa shape index (κ1) is 20.6. The van der Waals surface area contributed by atoms with Gasteiger partial charge in [0.1, 0.15) is 17.2 Å². The van der Waals surface area contributed by atoms with Gasteiger partial charge in [-0.15, -0.1) is 0 Å². The Morgan fingerprint density at radius 2 is 1.52 bits per heavy atom. The fourth-order valence-corrected chi connectivity index (χ4v) is 3.89. The maximum atomic E-state index is 14.4. The lowest BCUT2D eigenvalue weighted by Crippen LogP contribution is -2.40. The summed E-state index contributed by atoms with van der Waals surface area (Å²) >= 11 is 0. The Morgan fingerprint density at radius 3 is 2.09 bits per heavy atom. The van der Waals surface area contributed by atoms with E-state index >= 15 is 0 Å². The molecule has 0 spiro atoms. The van der Waals surface area contributed by atoms with E-state index < -0.39 is 22.9 Å². The molecule has 0 saturated carbocycles. The summed E-state index contributed by atoms with van der Waals surface area (Å²) in [5.41, 5.74) is 1.06. The minimum absolute atomic E-state index is 0.0934. The first-order valence-electron chi connectivity index (χ1n) is 10.2. The second kappa shape index (κ2) is 8.01. The van der Waals surface area contributed by atoms with Crippen LogP contribution in [0.5, 0.6) is 0 Å². The fraction of sp³-hybridized carbons (Fsp3) is 0.125. The van der Waals surface area contributed by atoms with E-state index in [-0.39, 0.29) is 24.2 Å². The lowest BCUT2D eigenvalue weighted by molar-refractivity contribution is 0.568. The summed E-state index contributed by atoms with van der Waals surface area (Å²) in [6.07, 6.45) is 3.39. The molecule has 5 rings (SSSR count). The highest BCUT2D eigenvalue weighted by molar-refractivity contribution is 5.82. The van der Waals surface area contributed by atoms with Crippen molar-refractivity contribution in [3.05, 3.63) is 111 Å². The highest BCUT2D eigenvalue weighted by Gasteiger charge is 2.19. The van der Waals surface area contributed by atoms with Crippen molar-refractivity contribution >= 4 is 11.0 Å². The van der Waals surface area contributed by atoms with Crippen molar-refractivity contribution in [1.82, 2.24) is 23.9 Å². The molecule has 3 aromatic heterocycles. The van der Waals surface area contributed by atoms with Gasteiger partial charge in [0.2, 0.25) is 0 Å². The van der Waals surface area contributed by atoms with Crippen molar-refractivity contribution in [3.8, 4) is 11.3 Å². The number of nitrogens with one attached hydrogen (secondary N) is 1. The topological polar surface area (TPSA) is 77.6 Å². The molecule has 0 radical (unpaired) electrons. The molecule has 0 bridgehead atoms. The molecule has 0 aliphatic rings. The fourth-order valence-electron chi connectivity index (χ4n) is 3.89. The van der Waals surface area contributed by atoms with Crippen LogP contribution in [0.3, 0.4) is 0 Å². The van der Waals surface area contributed by atoms with Crippen LogP contribution in [0, 0.1) is 11.6 Å². The smallest absolute Gasteiger partial charge is 0.332 e. The number of nitrogens with zero attached hydrogens (tertiary/aromatic N) is 4. The first-order chi connectivity index (χ1) is 15.9. The van der Waals surface area contributed by atoms with Crippen LogP contribution in [0.1, 0.15) is 11.1 Å². The van der Waals surface area contributed by atoms with Gasteiger partial charge >= 0.3 is 5.69 Å². The predicted octanol–water partition coefficient (Wildman–Crippen LogP) is 3.27. The maximum Gasteiger partial charge on any atom is 0.332 e. The number of aromatic nitrogens is 5. The average molecular weight is 447 g/mol. The summed E-state index contributed by atoms with van der Waals surface area (Å²) in [7, 11) is 1.77. The van der Waals surface area contributed by atoms with Gasteiger partial charge in [-0.2, -0.15) is 5.10 Å². The normalized spacial score (nSPS) is 11.4. The number of aromatic amines is 1. The molecule has 7 nitrogen and oxygen atoms in total. The number of rotatable bonds is 5. The minimum atomic E-state index is -0.657. The molecule has 0 aliphatic carbocycles. The third kappa shape index (κ3) is 3.67. The van der Waals surface area contributed by atoms with Gasteiger partial charge in [0.15, 0.2) is 0 Å². The summed E-state index contributed by atoms with van der Waals surface area (Å²) in [6, 6.07) is 13.8. The summed E-state index contributed by atoms with van der Waals surface area (Å²) in [4.78, 5) is 29.8. The molecular formula is C24H19F2N5O2. The zero-order valence-electron chi connectivity index (χ0n) is 17.6. The van der Waals surface area contributed by atoms with E-state index in [0.29, 0.717) is 16.8 Å². The van der Waals surface area contributed by atoms with Crippen molar-refractivity contribution in [2.45, 2.75) is 13.1 Å². The molecule has 0 atom stereocenters. The Bertz CT molecular complexity index is 1610. The zero-order valence-corrected chi connectivity index (χ0v) is 17.6. The monoisotopic (exact) mass is 447 g/mol. The maximum absolute atomic E-state index is 14.4. The van der Waals surface area contributed by atoms with E-state index in [9.17, 15) is 18.4 Å². The number of H-pyrrole nitrogens is 1. The molecule has 9 heteroatoms. The zero-order chi connectivity index (χ0) is 23.1. The number of hydrogen-bond acceptors (Lipinski definition) is 3. The molecule has 0 unspecified atom stereocenters. The second-order valence-corrected chi connectivity index (χ2v) is 7.79. The Morgan fingerprint density at radius 1 is 0.909 bits per heavy atom. The number of benzene rings is 2. The third-order valence-electron chi connectivity index (χ3n) is 5.60. The van der Waals surface area contributed by atoms with Gasteiger partial charge in [-0.1, -0.05) is 36.4 Å². The van der Waals surface area contributed by atoms with Crippen molar-refractivity contribution in [1.29, 1.82) is 0 Å². The first-order valence-corrected chi connectivity index (χ1v) is 10.2. The van der Waals surface area contributed by atoms with Crippen molar-refractivity contribution < 1.29 is 8.78 Å². The van der Waals surface area contributed by atoms with Crippen molar-refractivity contribution in [2.24, 2.45) is 7.05 Å². The SMILES string of the molecule is Cn1cc(-c2cc3c([nH]2)c(=O)n(Cc2ccccc2F)c(=O)n3Cc2ccccc2F)cn1. The molecule has 0 saturated heterocycles. The molecule has 166 valence electrons. The summed E-state index contributed by atoms with van der Waals surface area (Å²) in [5.74, 6) is -0.987. The summed E-state index contributed by atoms with van der Waals surface area (Å²) in [5, 5.41) is 4.14. The van der Waals surface area contributed by atoms with Gasteiger partial charge in [0, 0.05) is 29.9 Å². The number of halogens is 2. The van der Waals surface area contributed by atoms with Crippen LogP contribution in [-0.2, 0) is 20.1 Å². The van der Waals surface area contributed by atoms with Crippen LogP contribution in [-0.4, -0.2) is 23.9 Å². The number of fused-ring (bicyclic) bond motifs is 1. The van der Waals surface area contributed by atoms with E-state index in [1.807, 2.05) is 0 Å². The van der Waals surface area contributed by atoms with E-state index in [2.05, 4.69) is 10.1 Å². The van der Waals surface area contributed by atoms with Crippen LogP contribution in [0.25, 0.3) is 22.3 Å². The molecule has 5 aromatic rings. The van der Waals surface area contributed by atoms with E-state index in [0.717, 1.165) is 10.1 Å². The van der Waals surface area contributed by atoms with E-state index in [1.165, 1.54) is 28.8 Å². The molecule has 0 aliphatic heterocycles. The second-order valence-electron chi connectivity index (χ2n) is 7.79. The van der Waals surface area contributed by atoms with Crippen LogP contribution in [0.4, 0.5) is 8.78 Å². The molecule has 0 fully saturated rings. The van der Waals surface area contributed by atoms with Crippen molar-refractivity contribution in [3.63, 3.8) is 0 Å². The molecule has 0 amide bonds. The molecule has 1 N–H and O–H groups in total. The summed E-state index contributed by atoms with van der Waals surface area (Å²) < 4.78 is 32.6. The van der Waals surface area contributed by atoms with Gasteiger partial charge in [-0.25, -0.2) is 13.6 Å². The minimum Gasteiger partial charge on any atom is -0.349 e. The highest BCUT2D eigenvalue weighted by atomic mass is 19.1. The summed E-state index contributed by atoms with van der Waals surface area (Å²) in [6.45, 7) is -0.345. The number of aryl methyl sites for hydroxylation is 1. The Kier molecular flexibility index (Phi) is 5.01. The van der Waals surface area contributed by atoms with Crippen molar-refractivity contribution in [2.75, 3.05) is 0 Å². The molecular weight excluding hydrogens is 428 g/mol. The Balaban J connectivity index is 1.75. The largest absolute Gasteiger partial charge is 0.349 e. The lowest BCUT2D eigenvalue weighted by atomic mass is 10.2. The van der Waals surface area contributed by atoms with E-state index in [1.54, 1.807) is 54.5 Å². The third-order valence-corrected chi connectivity index (χ3v) is 5.60. The Labute approximate surface area is 186 Å². The molecule has 2 aromatic carbocycles. The van der Waals surface area contributed by atoms with Gasteiger partial charge in [-0.05, 0) is 18.2 Å². The average Bonchev–Trinajstić information content (AvgIpc) is 3.43. The highest BCUT2D eigenvalue weighted by Crippen LogP contribution is 2.22. The lowest BCUT2D eigenvalue weighted by Gasteiger charge is -2.13. The van der Waals surface area contributed by atoms with Gasteiger partial charge in [-0.3, -0.25) is 18.6 Å². The number of hydrogen-bond donors (Lipinski definition) is 1. The predicted molar refractivity (Wildman–Crippen MR) is 120 cm³/mol. The van der Waals surface area contributed by atoms with Crippen LogP contribution in [0.2, 0.25) is 0 Å². The quantitative estimate of drug-likeness (QED) is 0.449. The van der Waals surface area contributed by atoms with E-state index in [4.69, 9.17) is 0 Å². The Hall–Kier alpha value is -4.27. The standard InChI is InChI=1S/C24H19F2N5O2/c1-29-12-17(11-27-29)20-10-21-22(28-20)23(32)31(14-16-7-3-5-9-19(16)26)24(33)30(21)13-15-6-2-4-8-18(15)25/h2-12,28H,13-14H2,1H3. The molecule has 3 heterocycles. The van der Waals surface area contributed by atoms with Gasteiger partial charge in [0.05, 0.1) is 30.5 Å². The van der Waals surface area contributed by atoms with Crippen LogP contribution >= 0.6 is 0 Å². The van der Waals surface area contributed by atoms with Gasteiger partial charge < -0.3 is 4.98 Å². The van der Waals surface area contributed by atoms with Crippen LogP contribution < -0.4 is 11.2 Å².